The summed E-state index contributed by atoms with van der Waals surface area (Å²) in [4.78, 5) is 16.3. The molecule has 1 saturated carbocycles. The second-order valence-corrected chi connectivity index (χ2v) is 9.82. The summed E-state index contributed by atoms with van der Waals surface area (Å²) in [7, 11) is 2.14. The van der Waals surface area contributed by atoms with Crippen LogP contribution < -0.4 is 10.2 Å². The molecule has 6 nitrogen and oxygen atoms in total. The van der Waals surface area contributed by atoms with Gasteiger partial charge in [-0.2, -0.15) is 0 Å². The smallest absolute Gasteiger partial charge is 0.263 e. The minimum absolute atomic E-state index is 0.0242. The van der Waals surface area contributed by atoms with Crippen LogP contribution in [0.4, 0.5) is 26.1 Å². The van der Waals surface area contributed by atoms with E-state index >= 15 is 0 Å². The fourth-order valence-corrected chi connectivity index (χ4v) is 5.25. The first-order valence-corrected chi connectivity index (χ1v) is 12.2. The molecule has 0 spiro atoms. The summed E-state index contributed by atoms with van der Waals surface area (Å²) in [5, 5.41) is 3.99. The number of rotatable bonds is 5. The average Bonchev–Trinajstić information content (AvgIpc) is 3.69. The molecule has 34 heavy (non-hydrogen) atoms. The molecule has 0 bridgehead atoms. The maximum atomic E-state index is 13.7. The van der Waals surface area contributed by atoms with Gasteiger partial charge in [0.05, 0.1) is 11.2 Å². The van der Waals surface area contributed by atoms with E-state index in [9.17, 15) is 8.78 Å². The van der Waals surface area contributed by atoms with Gasteiger partial charge < -0.3 is 15.1 Å². The van der Waals surface area contributed by atoms with E-state index in [1.165, 1.54) is 30.0 Å². The topological polar surface area (TPSA) is 47.5 Å². The Balaban J connectivity index is 1.30. The molecule has 3 aromatic rings. The van der Waals surface area contributed by atoms with Crippen molar-refractivity contribution in [3.8, 4) is 0 Å². The number of halogens is 2. The van der Waals surface area contributed by atoms with E-state index in [0.29, 0.717) is 11.3 Å². The third-order valence-corrected chi connectivity index (χ3v) is 7.32. The first kappa shape index (κ1) is 21.7. The summed E-state index contributed by atoms with van der Waals surface area (Å²) in [6.45, 7) is 5.59. The normalized spacial score (nSPS) is 19.6. The monoisotopic (exact) mass is 464 g/mol. The van der Waals surface area contributed by atoms with Crippen LogP contribution >= 0.6 is 0 Å². The lowest BCUT2D eigenvalue weighted by atomic mass is 9.99. The second-order valence-electron chi connectivity index (χ2n) is 9.82. The number of fused-ring (bicyclic) bond motifs is 2. The largest absolute Gasteiger partial charge is 0.367 e. The Hall–Kier alpha value is -2.84. The van der Waals surface area contributed by atoms with Crippen LogP contribution in [0.25, 0.3) is 10.9 Å². The van der Waals surface area contributed by atoms with E-state index < -0.39 is 6.43 Å². The van der Waals surface area contributed by atoms with E-state index in [1.807, 2.05) is 0 Å². The lowest BCUT2D eigenvalue weighted by Gasteiger charge is -2.36. The van der Waals surface area contributed by atoms with Crippen molar-refractivity contribution in [1.29, 1.82) is 0 Å². The molecule has 178 valence electrons. The van der Waals surface area contributed by atoms with Gasteiger partial charge in [-0.15, -0.1) is 0 Å². The summed E-state index contributed by atoms with van der Waals surface area (Å²) in [6.07, 6.45) is 2.72. The molecule has 1 N–H and O–H groups in total. The molecule has 2 fully saturated rings. The minimum atomic E-state index is -2.52. The van der Waals surface area contributed by atoms with E-state index in [2.05, 4.69) is 50.2 Å². The van der Waals surface area contributed by atoms with Crippen LogP contribution in [0.3, 0.4) is 0 Å². The van der Waals surface area contributed by atoms with E-state index in [1.54, 1.807) is 12.3 Å². The fourth-order valence-electron chi connectivity index (χ4n) is 5.25. The van der Waals surface area contributed by atoms with Crippen molar-refractivity contribution in [3.05, 3.63) is 53.2 Å². The summed E-state index contributed by atoms with van der Waals surface area (Å²) < 4.78 is 27.3. The van der Waals surface area contributed by atoms with Crippen molar-refractivity contribution in [3.63, 3.8) is 0 Å². The number of nitrogens with one attached hydrogen (secondary N) is 1. The number of alkyl halides is 2. The van der Waals surface area contributed by atoms with Crippen LogP contribution in [0.1, 0.15) is 36.0 Å². The van der Waals surface area contributed by atoms with Gasteiger partial charge in [0.25, 0.3) is 6.43 Å². The highest BCUT2D eigenvalue weighted by atomic mass is 19.3. The Morgan fingerprint density at radius 3 is 2.59 bits per heavy atom. The number of piperazine rings is 1. The van der Waals surface area contributed by atoms with Crippen molar-refractivity contribution >= 4 is 28.2 Å². The molecule has 1 aliphatic carbocycles. The molecule has 1 aromatic heterocycles. The van der Waals surface area contributed by atoms with Crippen LogP contribution in [0, 0.1) is 0 Å². The molecule has 0 unspecified atom stereocenters. The molecule has 2 aliphatic heterocycles. The second kappa shape index (κ2) is 8.74. The molecule has 1 saturated heterocycles. The Bertz CT molecular complexity index is 1200. The maximum absolute atomic E-state index is 13.7. The SMILES string of the molecule is CN1CCc2cc(Nc3ncc4cc(C(F)F)cc(N5CCN(C6CC6)CC5)c4n3)ccc2C1. The lowest BCUT2D eigenvalue weighted by molar-refractivity contribution is 0.151. The quantitative estimate of drug-likeness (QED) is 0.596. The highest BCUT2D eigenvalue weighted by molar-refractivity contribution is 5.92. The molecule has 0 amide bonds. The molecule has 6 rings (SSSR count). The van der Waals surface area contributed by atoms with Gasteiger partial charge >= 0.3 is 0 Å². The standard InChI is InChI=1S/C26H30F2N6/c1-32-7-6-17-13-21(3-2-18(17)16-32)30-26-29-15-20-12-19(25(27)28)14-23(24(20)31-26)34-10-8-33(9-11-34)22-4-5-22/h2-3,12-15,22,25H,4-11,16H2,1H3,(H,29,30,31). The predicted molar refractivity (Wildman–Crippen MR) is 131 cm³/mol. The highest BCUT2D eigenvalue weighted by Gasteiger charge is 2.32. The number of likely N-dealkylation sites (N-methyl/N-ethyl adjacent to an activating group) is 1. The predicted octanol–water partition coefficient (Wildman–Crippen LogP) is 4.58. The zero-order valence-electron chi connectivity index (χ0n) is 19.5. The van der Waals surface area contributed by atoms with E-state index in [0.717, 1.165) is 68.6 Å². The molecule has 3 aliphatic rings. The molecule has 2 aromatic carbocycles. The van der Waals surface area contributed by atoms with Crippen LogP contribution in [-0.2, 0) is 13.0 Å². The Kier molecular flexibility index (Phi) is 5.57. The van der Waals surface area contributed by atoms with Crippen molar-refractivity contribution in [2.24, 2.45) is 0 Å². The van der Waals surface area contributed by atoms with E-state index in [4.69, 9.17) is 4.98 Å². The molecule has 0 atom stereocenters. The molecule has 8 heteroatoms. The molecule has 0 radical (unpaired) electrons. The number of benzene rings is 2. The summed E-state index contributed by atoms with van der Waals surface area (Å²) in [5.41, 5.74) is 5.18. The van der Waals surface area contributed by atoms with Gasteiger partial charge in [-0.05, 0) is 61.7 Å². The van der Waals surface area contributed by atoms with Crippen LogP contribution in [-0.4, -0.2) is 65.6 Å². The first-order valence-electron chi connectivity index (χ1n) is 12.2. The maximum Gasteiger partial charge on any atom is 0.263 e. The van der Waals surface area contributed by atoms with Crippen molar-refractivity contribution in [2.75, 3.05) is 50.0 Å². The van der Waals surface area contributed by atoms with Crippen LogP contribution in [0.2, 0.25) is 0 Å². The third kappa shape index (κ3) is 4.32. The highest BCUT2D eigenvalue weighted by Crippen LogP contribution is 2.34. The first-order chi connectivity index (χ1) is 16.5. The Morgan fingerprint density at radius 1 is 1.00 bits per heavy atom. The van der Waals surface area contributed by atoms with Gasteiger partial charge in [0.1, 0.15) is 0 Å². The number of aromatic nitrogens is 2. The Labute approximate surface area is 198 Å². The van der Waals surface area contributed by atoms with Gasteiger partial charge in [-0.1, -0.05) is 6.07 Å². The summed E-state index contributed by atoms with van der Waals surface area (Å²) in [5.74, 6) is 0.489. The number of hydrogen-bond donors (Lipinski definition) is 1. The lowest BCUT2D eigenvalue weighted by Crippen LogP contribution is -2.47. The zero-order chi connectivity index (χ0) is 23.2. The average molecular weight is 465 g/mol. The summed E-state index contributed by atoms with van der Waals surface area (Å²) in [6, 6.07) is 10.3. The third-order valence-electron chi connectivity index (χ3n) is 7.32. The van der Waals surface area contributed by atoms with Gasteiger partial charge in [-0.25, -0.2) is 18.7 Å². The van der Waals surface area contributed by atoms with Gasteiger partial charge in [-0.3, -0.25) is 4.90 Å². The van der Waals surface area contributed by atoms with Gasteiger partial charge in [0, 0.05) is 68.1 Å². The zero-order valence-corrected chi connectivity index (χ0v) is 19.5. The van der Waals surface area contributed by atoms with Crippen molar-refractivity contribution in [2.45, 2.75) is 38.3 Å². The molecular formula is C26H30F2N6. The molecular weight excluding hydrogens is 434 g/mol. The van der Waals surface area contributed by atoms with E-state index in [-0.39, 0.29) is 5.56 Å². The van der Waals surface area contributed by atoms with Crippen molar-refractivity contribution in [1.82, 2.24) is 19.8 Å². The van der Waals surface area contributed by atoms with Crippen molar-refractivity contribution < 1.29 is 8.78 Å². The molecule has 3 heterocycles. The summed E-state index contributed by atoms with van der Waals surface area (Å²) >= 11 is 0. The van der Waals surface area contributed by atoms with Crippen LogP contribution in [0.15, 0.2) is 36.5 Å². The number of anilines is 3. The van der Waals surface area contributed by atoms with Gasteiger partial charge in [0.15, 0.2) is 0 Å². The fraction of sp³-hybridized carbons (Fsp3) is 0.462. The number of nitrogens with zero attached hydrogens (tertiary/aromatic N) is 5. The minimum Gasteiger partial charge on any atom is -0.367 e. The number of hydrogen-bond acceptors (Lipinski definition) is 6. The van der Waals surface area contributed by atoms with Crippen LogP contribution in [0.5, 0.6) is 0 Å². The Morgan fingerprint density at radius 2 is 1.82 bits per heavy atom. The van der Waals surface area contributed by atoms with Gasteiger partial charge in [0.2, 0.25) is 5.95 Å².